The average Bonchev–Trinajstić information content (AvgIpc) is 3.33. The molecular formula is C61H106O6. The fourth-order valence-corrected chi connectivity index (χ4v) is 8.00. The Bertz CT molecular complexity index is 1260. The molecule has 0 aliphatic rings. The Morgan fingerprint density at radius 3 is 0.910 bits per heavy atom. The number of allylic oxidation sites excluding steroid dienone is 12. The molecule has 0 aromatic carbocycles. The van der Waals surface area contributed by atoms with E-state index in [0.717, 1.165) is 77.0 Å². The molecule has 0 amide bonds. The van der Waals surface area contributed by atoms with Crippen molar-refractivity contribution >= 4 is 17.9 Å². The topological polar surface area (TPSA) is 78.9 Å². The molecule has 6 nitrogen and oxygen atoms in total. The summed E-state index contributed by atoms with van der Waals surface area (Å²) in [4.78, 5) is 38.1. The molecule has 0 aromatic rings. The van der Waals surface area contributed by atoms with E-state index in [2.05, 4.69) is 87.6 Å². The van der Waals surface area contributed by atoms with Crippen molar-refractivity contribution < 1.29 is 28.6 Å². The molecule has 0 aliphatic carbocycles. The second-order valence-electron chi connectivity index (χ2n) is 18.8. The van der Waals surface area contributed by atoms with Crippen molar-refractivity contribution in [3.8, 4) is 0 Å². The highest BCUT2D eigenvalue weighted by atomic mass is 16.6. The number of hydrogen-bond acceptors (Lipinski definition) is 6. The largest absolute Gasteiger partial charge is 0.462 e. The number of unbranched alkanes of at least 4 members (excludes halogenated alkanes) is 28. The third-order valence-corrected chi connectivity index (χ3v) is 12.2. The van der Waals surface area contributed by atoms with E-state index in [1.165, 1.54) is 154 Å². The van der Waals surface area contributed by atoms with Crippen molar-refractivity contribution in [2.45, 2.75) is 284 Å². The summed E-state index contributed by atoms with van der Waals surface area (Å²) in [6, 6.07) is 0. The van der Waals surface area contributed by atoms with Gasteiger partial charge < -0.3 is 14.2 Å². The molecule has 0 bridgehead atoms. The number of carbonyl (C=O) groups is 3. The molecule has 0 N–H and O–H groups in total. The lowest BCUT2D eigenvalue weighted by molar-refractivity contribution is -0.166. The first kappa shape index (κ1) is 63.8. The van der Waals surface area contributed by atoms with Gasteiger partial charge in [0, 0.05) is 19.3 Å². The SMILES string of the molecule is CC/C=C\C/C=C\C/C=C\C/C=C\C/C=C\C/C=C\CCC(=O)OC[C@H](COC(=O)CCCCCCCCCCCCCCCCC)OC(=O)CCCCCCCCCCCCCCCCC. The summed E-state index contributed by atoms with van der Waals surface area (Å²) >= 11 is 0. The van der Waals surface area contributed by atoms with Crippen LogP contribution in [0.4, 0.5) is 0 Å². The van der Waals surface area contributed by atoms with Crippen LogP contribution >= 0.6 is 0 Å². The van der Waals surface area contributed by atoms with Gasteiger partial charge in [-0.15, -0.1) is 0 Å². The van der Waals surface area contributed by atoms with E-state index in [1.54, 1.807) is 0 Å². The summed E-state index contributed by atoms with van der Waals surface area (Å²) in [5.41, 5.74) is 0. The van der Waals surface area contributed by atoms with Gasteiger partial charge >= 0.3 is 17.9 Å². The smallest absolute Gasteiger partial charge is 0.306 e. The van der Waals surface area contributed by atoms with Crippen molar-refractivity contribution in [3.63, 3.8) is 0 Å². The van der Waals surface area contributed by atoms with Gasteiger partial charge in [0.15, 0.2) is 6.10 Å². The van der Waals surface area contributed by atoms with Crippen LogP contribution in [0.15, 0.2) is 72.9 Å². The first-order chi connectivity index (χ1) is 33.0. The molecule has 0 radical (unpaired) electrons. The van der Waals surface area contributed by atoms with Crippen LogP contribution in [-0.2, 0) is 28.6 Å². The normalized spacial score (nSPS) is 12.6. The lowest BCUT2D eigenvalue weighted by Crippen LogP contribution is -2.30. The molecule has 67 heavy (non-hydrogen) atoms. The van der Waals surface area contributed by atoms with Crippen LogP contribution in [0.2, 0.25) is 0 Å². The van der Waals surface area contributed by atoms with Crippen molar-refractivity contribution in [1.82, 2.24) is 0 Å². The zero-order chi connectivity index (χ0) is 48.6. The maximum absolute atomic E-state index is 12.8. The molecule has 0 unspecified atom stereocenters. The van der Waals surface area contributed by atoms with Gasteiger partial charge in [-0.1, -0.05) is 273 Å². The number of hydrogen-bond donors (Lipinski definition) is 0. The molecule has 0 rings (SSSR count). The zero-order valence-corrected chi connectivity index (χ0v) is 44.2. The quantitative estimate of drug-likeness (QED) is 0.0262. The number of carbonyl (C=O) groups excluding carboxylic acids is 3. The van der Waals surface area contributed by atoms with Crippen molar-refractivity contribution in [2.75, 3.05) is 13.2 Å². The molecule has 0 saturated carbocycles. The molecule has 1 atom stereocenters. The van der Waals surface area contributed by atoms with Gasteiger partial charge in [-0.2, -0.15) is 0 Å². The Labute approximate surface area is 414 Å². The molecule has 6 heteroatoms. The van der Waals surface area contributed by atoms with E-state index in [1.807, 2.05) is 6.08 Å². The van der Waals surface area contributed by atoms with Crippen molar-refractivity contribution in [2.24, 2.45) is 0 Å². The fourth-order valence-electron chi connectivity index (χ4n) is 8.00. The Balaban J connectivity index is 4.46. The number of rotatable bonds is 51. The maximum Gasteiger partial charge on any atom is 0.306 e. The summed E-state index contributed by atoms with van der Waals surface area (Å²) < 4.78 is 16.8. The molecule has 0 aromatic heterocycles. The second-order valence-corrected chi connectivity index (χ2v) is 18.8. The minimum atomic E-state index is -0.802. The molecule has 386 valence electrons. The number of ether oxygens (including phenoxy) is 3. The molecule has 0 saturated heterocycles. The highest BCUT2D eigenvalue weighted by Gasteiger charge is 2.19. The summed E-state index contributed by atoms with van der Waals surface area (Å²) in [6.07, 6.45) is 70.4. The van der Waals surface area contributed by atoms with Gasteiger partial charge in [0.05, 0.1) is 0 Å². The van der Waals surface area contributed by atoms with Crippen molar-refractivity contribution in [1.29, 1.82) is 0 Å². The van der Waals surface area contributed by atoms with Crippen LogP contribution in [0, 0.1) is 0 Å². The zero-order valence-electron chi connectivity index (χ0n) is 44.2. The Morgan fingerprint density at radius 1 is 0.313 bits per heavy atom. The summed E-state index contributed by atoms with van der Waals surface area (Å²) in [5, 5.41) is 0. The van der Waals surface area contributed by atoms with Crippen LogP contribution < -0.4 is 0 Å². The van der Waals surface area contributed by atoms with E-state index in [-0.39, 0.29) is 37.5 Å². The molecule has 0 heterocycles. The lowest BCUT2D eigenvalue weighted by Gasteiger charge is -2.18. The predicted octanol–water partition coefficient (Wildman–Crippen LogP) is 19.0. The molecule has 0 spiro atoms. The molecule has 0 fully saturated rings. The van der Waals surface area contributed by atoms with Crippen LogP contribution in [0.1, 0.15) is 278 Å². The van der Waals surface area contributed by atoms with E-state index in [9.17, 15) is 14.4 Å². The van der Waals surface area contributed by atoms with Crippen molar-refractivity contribution in [3.05, 3.63) is 72.9 Å². The molecule has 0 aliphatic heterocycles. The van der Waals surface area contributed by atoms with Crippen LogP contribution in [0.5, 0.6) is 0 Å². The molecular weight excluding hydrogens is 829 g/mol. The van der Waals surface area contributed by atoms with E-state index in [0.29, 0.717) is 19.3 Å². The second kappa shape index (κ2) is 55.4. The highest BCUT2D eigenvalue weighted by molar-refractivity contribution is 5.71. The minimum absolute atomic E-state index is 0.0946. The van der Waals surface area contributed by atoms with Crippen LogP contribution in [0.25, 0.3) is 0 Å². The van der Waals surface area contributed by atoms with Gasteiger partial charge in [-0.3, -0.25) is 14.4 Å². The maximum atomic E-state index is 12.8. The van der Waals surface area contributed by atoms with E-state index in [4.69, 9.17) is 14.2 Å². The van der Waals surface area contributed by atoms with E-state index >= 15 is 0 Å². The minimum Gasteiger partial charge on any atom is -0.462 e. The Kier molecular flexibility index (Phi) is 52.8. The first-order valence-electron chi connectivity index (χ1n) is 28.4. The van der Waals surface area contributed by atoms with Gasteiger partial charge in [-0.25, -0.2) is 0 Å². The number of esters is 3. The van der Waals surface area contributed by atoms with Crippen LogP contribution in [0.3, 0.4) is 0 Å². The summed E-state index contributed by atoms with van der Waals surface area (Å²) in [5.74, 6) is -0.971. The Morgan fingerprint density at radius 2 is 0.582 bits per heavy atom. The summed E-state index contributed by atoms with van der Waals surface area (Å²) in [6.45, 7) is 6.49. The van der Waals surface area contributed by atoms with Gasteiger partial charge in [0.2, 0.25) is 0 Å². The van der Waals surface area contributed by atoms with Crippen LogP contribution in [-0.4, -0.2) is 37.2 Å². The van der Waals surface area contributed by atoms with Gasteiger partial charge in [-0.05, 0) is 57.8 Å². The average molecular weight is 936 g/mol. The lowest BCUT2D eigenvalue weighted by atomic mass is 10.0. The predicted molar refractivity (Wildman–Crippen MR) is 288 cm³/mol. The first-order valence-corrected chi connectivity index (χ1v) is 28.4. The van der Waals surface area contributed by atoms with Gasteiger partial charge in [0.1, 0.15) is 13.2 Å². The van der Waals surface area contributed by atoms with Gasteiger partial charge in [0.25, 0.3) is 0 Å². The third kappa shape index (κ3) is 53.7. The Hall–Kier alpha value is -3.15. The standard InChI is InChI=1S/C61H106O6/c1-4-7-10-13-16-19-22-25-28-29-30-31-34-36-39-42-45-48-51-54-60(63)66-57-58(67-61(64)55-52-49-46-43-40-37-33-27-24-21-18-15-12-9-6-3)56-65-59(62)53-50-47-44-41-38-35-32-26-23-20-17-14-11-8-5-2/h7,10,16,19,25,28,30-31,36,39,45,48,58H,4-6,8-9,11-15,17-18,20-24,26-27,29,32-35,37-38,40-44,46-47,49-57H2,1-3H3/b10-7-,19-16-,28-25-,31-30-,39-36-,48-45-/t58-/m0/s1. The third-order valence-electron chi connectivity index (χ3n) is 12.2. The summed E-state index contributed by atoms with van der Waals surface area (Å²) in [7, 11) is 0. The fraction of sp³-hybridized carbons (Fsp3) is 0.754. The highest BCUT2D eigenvalue weighted by Crippen LogP contribution is 2.16. The monoisotopic (exact) mass is 935 g/mol. The van der Waals surface area contributed by atoms with E-state index < -0.39 is 6.10 Å².